The maximum absolute atomic E-state index is 12.2. The zero-order chi connectivity index (χ0) is 14.0. The average molecular weight is 278 g/mol. The molecule has 0 aromatic carbocycles. The fourth-order valence-corrected chi connectivity index (χ4v) is 4.10. The van der Waals surface area contributed by atoms with E-state index in [4.69, 9.17) is 0 Å². The van der Waals surface area contributed by atoms with E-state index in [1.54, 1.807) is 6.92 Å². The first-order valence-electron chi connectivity index (χ1n) is 6.27. The first-order chi connectivity index (χ1) is 8.26. The Morgan fingerprint density at radius 3 is 2.56 bits per heavy atom. The van der Waals surface area contributed by atoms with Crippen LogP contribution in [0.3, 0.4) is 0 Å². The molecule has 1 heterocycles. The third kappa shape index (κ3) is 2.84. The van der Waals surface area contributed by atoms with E-state index in [-0.39, 0.29) is 18.9 Å². The van der Waals surface area contributed by atoms with Crippen molar-refractivity contribution < 1.29 is 18.3 Å². The summed E-state index contributed by atoms with van der Waals surface area (Å²) in [6, 6.07) is 0. The molecule has 106 valence electrons. The molecule has 0 amide bonds. The normalized spacial score (nSPS) is 25.8. The molecule has 1 atom stereocenters. The van der Waals surface area contributed by atoms with Crippen molar-refractivity contribution in [1.82, 2.24) is 9.03 Å². The first-order valence-corrected chi connectivity index (χ1v) is 7.71. The number of carbonyl (C=O) groups is 1. The van der Waals surface area contributed by atoms with Crippen molar-refractivity contribution in [1.29, 1.82) is 0 Å². The molecule has 1 saturated heterocycles. The maximum Gasteiger partial charge on any atom is 0.325 e. The van der Waals surface area contributed by atoms with Gasteiger partial charge in [0, 0.05) is 13.1 Å². The molecule has 2 N–H and O–H groups in total. The highest BCUT2D eigenvalue weighted by Crippen LogP contribution is 2.34. The highest BCUT2D eigenvalue weighted by Gasteiger charge is 2.51. The van der Waals surface area contributed by atoms with Gasteiger partial charge in [-0.15, -0.1) is 0 Å². The second kappa shape index (κ2) is 5.54. The van der Waals surface area contributed by atoms with Crippen LogP contribution in [0.25, 0.3) is 0 Å². The van der Waals surface area contributed by atoms with E-state index in [1.165, 1.54) is 0 Å². The van der Waals surface area contributed by atoms with E-state index in [0.29, 0.717) is 19.4 Å². The first kappa shape index (κ1) is 15.4. The highest BCUT2D eigenvalue weighted by atomic mass is 32.2. The largest absolute Gasteiger partial charge is 0.480 e. The number of hydrogen-bond donors (Lipinski definition) is 2. The lowest BCUT2D eigenvalue weighted by Gasteiger charge is -2.32. The van der Waals surface area contributed by atoms with Gasteiger partial charge in [0.25, 0.3) is 10.2 Å². The SMILES string of the molecule is CCC1(C(=O)O)CCCN1S(=O)(=O)NCC(C)C. The van der Waals surface area contributed by atoms with Gasteiger partial charge in [0.05, 0.1) is 0 Å². The van der Waals surface area contributed by atoms with Gasteiger partial charge in [-0.25, -0.2) is 4.72 Å². The van der Waals surface area contributed by atoms with Gasteiger partial charge in [0.1, 0.15) is 5.54 Å². The Morgan fingerprint density at radius 1 is 1.50 bits per heavy atom. The molecule has 0 aromatic rings. The minimum atomic E-state index is -3.72. The predicted octanol–water partition coefficient (Wildman–Crippen LogP) is 0.806. The van der Waals surface area contributed by atoms with Crippen LogP contribution >= 0.6 is 0 Å². The standard InChI is InChI=1S/C11H22N2O4S/c1-4-11(10(14)15)6-5-7-13(11)18(16,17)12-8-9(2)3/h9,12H,4-8H2,1-3H3,(H,14,15). The third-order valence-electron chi connectivity index (χ3n) is 3.38. The van der Waals surface area contributed by atoms with Gasteiger partial charge in [0.2, 0.25) is 0 Å². The molecule has 0 bridgehead atoms. The summed E-state index contributed by atoms with van der Waals surface area (Å²) in [5.41, 5.74) is -1.27. The lowest BCUT2D eigenvalue weighted by Crippen LogP contribution is -2.56. The van der Waals surface area contributed by atoms with Gasteiger partial charge in [0.15, 0.2) is 0 Å². The van der Waals surface area contributed by atoms with Gasteiger partial charge in [-0.2, -0.15) is 12.7 Å². The number of rotatable bonds is 6. The van der Waals surface area contributed by atoms with Gasteiger partial charge < -0.3 is 5.11 Å². The molecule has 6 nitrogen and oxygen atoms in total. The fraction of sp³-hybridized carbons (Fsp3) is 0.909. The summed E-state index contributed by atoms with van der Waals surface area (Å²) < 4.78 is 27.9. The Morgan fingerprint density at radius 2 is 2.11 bits per heavy atom. The smallest absolute Gasteiger partial charge is 0.325 e. The van der Waals surface area contributed by atoms with E-state index >= 15 is 0 Å². The average Bonchev–Trinajstić information content (AvgIpc) is 2.72. The number of carboxylic acid groups (broad SMARTS) is 1. The van der Waals surface area contributed by atoms with Crippen molar-refractivity contribution in [3.63, 3.8) is 0 Å². The van der Waals surface area contributed by atoms with E-state index < -0.39 is 21.7 Å². The molecular weight excluding hydrogens is 256 g/mol. The Hall–Kier alpha value is -0.660. The van der Waals surface area contributed by atoms with Crippen LogP contribution in [0.2, 0.25) is 0 Å². The molecule has 0 saturated carbocycles. The van der Waals surface area contributed by atoms with E-state index in [0.717, 1.165) is 4.31 Å². The van der Waals surface area contributed by atoms with Gasteiger partial charge in [-0.3, -0.25) is 4.79 Å². The highest BCUT2D eigenvalue weighted by molar-refractivity contribution is 7.87. The van der Waals surface area contributed by atoms with Gasteiger partial charge in [-0.1, -0.05) is 20.8 Å². The second-order valence-electron chi connectivity index (χ2n) is 5.11. The number of nitrogens with zero attached hydrogens (tertiary/aromatic N) is 1. The number of hydrogen-bond acceptors (Lipinski definition) is 3. The number of nitrogens with one attached hydrogen (secondary N) is 1. The lowest BCUT2D eigenvalue weighted by atomic mass is 9.95. The minimum absolute atomic E-state index is 0.184. The van der Waals surface area contributed by atoms with Crippen LogP contribution in [0, 0.1) is 5.92 Å². The van der Waals surface area contributed by atoms with Crippen LogP contribution in [0.1, 0.15) is 40.0 Å². The van der Waals surface area contributed by atoms with Crippen LogP contribution in [-0.4, -0.2) is 42.4 Å². The van der Waals surface area contributed by atoms with Crippen molar-refractivity contribution in [2.45, 2.75) is 45.6 Å². The summed E-state index contributed by atoms with van der Waals surface area (Å²) in [5, 5.41) is 9.34. The Labute approximate surface area is 109 Å². The summed E-state index contributed by atoms with van der Waals surface area (Å²) >= 11 is 0. The third-order valence-corrected chi connectivity index (χ3v) is 5.02. The molecule has 0 aliphatic carbocycles. The van der Waals surface area contributed by atoms with Crippen LogP contribution in [0.5, 0.6) is 0 Å². The van der Waals surface area contributed by atoms with Crippen molar-refractivity contribution >= 4 is 16.2 Å². The van der Waals surface area contributed by atoms with Crippen molar-refractivity contribution in [3.8, 4) is 0 Å². The summed E-state index contributed by atoms with van der Waals surface area (Å²) in [5.74, 6) is -0.874. The fourth-order valence-electron chi connectivity index (χ4n) is 2.27. The zero-order valence-electron chi connectivity index (χ0n) is 11.1. The molecule has 0 radical (unpaired) electrons. The summed E-state index contributed by atoms with van der Waals surface area (Å²) in [6.45, 7) is 6.10. The van der Waals surface area contributed by atoms with Crippen LogP contribution in [0.4, 0.5) is 0 Å². The minimum Gasteiger partial charge on any atom is -0.480 e. The van der Waals surface area contributed by atoms with Crippen molar-refractivity contribution in [2.24, 2.45) is 5.92 Å². The maximum atomic E-state index is 12.2. The van der Waals surface area contributed by atoms with Crippen molar-refractivity contribution in [3.05, 3.63) is 0 Å². The summed E-state index contributed by atoms with van der Waals surface area (Å²) in [4.78, 5) is 11.4. The molecule has 18 heavy (non-hydrogen) atoms. The van der Waals surface area contributed by atoms with Crippen LogP contribution in [-0.2, 0) is 15.0 Å². The second-order valence-corrected chi connectivity index (χ2v) is 6.79. The zero-order valence-corrected chi connectivity index (χ0v) is 12.0. The molecule has 1 aliphatic rings. The molecule has 1 fully saturated rings. The number of carboxylic acids is 1. The van der Waals surface area contributed by atoms with E-state index in [9.17, 15) is 18.3 Å². The molecule has 1 rings (SSSR count). The summed E-state index contributed by atoms with van der Waals surface area (Å²) in [7, 11) is -3.72. The molecular formula is C11H22N2O4S. The number of aliphatic carboxylic acids is 1. The van der Waals surface area contributed by atoms with E-state index in [2.05, 4.69) is 4.72 Å². The van der Waals surface area contributed by atoms with Crippen LogP contribution in [0.15, 0.2) is 0 Å². The topological polar surface area (TPSA) is 86.7 Å². The molecule has 1 unspecified atom stereocenters. The van der Waals surface area contributed by atoms with Gasteiger partial charge >= 0.3 is 5.97 Å². The Kier molecular flexibility index (Phi) is 4.74. The predicted molar refractivity (Wildman–Crippen MR) is 68.4 cm³/mol. The molecule has 1 aliphatic heterocycles. The molecule has 0 spiro atoms. The Balaban J connectivity index is 2.96. The van der Waals surface area contributed by atoms with E-state index in [1.807, 2.05) is 13.8 Å². The lowest BCUT2D eigenvalue weighted by molar-refractivity contribution is -0.147. The quantitative estimate of drug-likeness (QED) is 0.752. The molecule has 7 heteroatoms. The monoisotopic (exact) mass is 278 g/mol. The molecule has 0 aromatic heterocycles. The van der Waals surface area contributed by atoms with Gasteiger partial charge in [-0.05, 0) is 25.2 Å². The summed E-state index contributed by atoms with van der Waals surface area (Å²) in [6.07, 6.45) is 1.25. The van der Waals surface area contributed by atoms with Crippen LogP contribution < -0.4 is 4.72 Å². The van der Waals surface area contributed by atoms with Crippen molar-refractivity contribution in [2.75, 3.05) is 13.1 Å². The Bertz CT molecular complexity index is 407.